The van der Waals surface area contributed by atoms with Gasteiger partial charge in [0.25, 0.3) is 5.91 Å². The van der Waals surface area contributed by atoms with Crippen molar-refractivity contribution in [1.82, 2.24) is 9.88 Å². The van der Waals surface area contributed by atoms with Gasteiger partial charge in [0.2, 0.25) is 0 Å². The maximum Gasteiger partial charge on any atom is 0.256 e. The van der Waals surface area contributed by atoms with E-state index >= 15 is 0 Å². The summed E-state index contributed by atoms with van der Waals surface area (Å²) < 4.78 is 0. The average molecular weight is 269 g/mol. The molecule has 0 spiro atoms. The number of rotatable bonds is 1. The lowest BCUT2D eigenvalue weighted by atomic mass is 9.98. The number of carbonyl (C=O) groups is 1. The number of nitrogen functional groups attached to an aromatic ring is 1. The number of likely N-dealkylation sites (tertiary alicyclic amines) is 1. The minimum absolute atomic E-state index is 0.0700. The van der Waals surface area contributed by atoms with E-state index in [2.05, 4.69) is 11.9 Å². The number of pyridine rings is 1. The number of amides is 1. The highest BCUT2D eigenvalue weighted by molar-refractivity contribution is 6.08. The maximum atomic E-state index is 12.7. The SMILES string of the molecule is CC1CCN(C(=O)c2cnc(N)c3ccccc23)CC1. The Labute approximate surface area is 118 Å². The fourth-order valence-electron chi connectivity index (χ4n) is 2.77. The van der Waals surface area contributed by atoms with Crippen molar-refractivity contribution < 1.29 is 4.79 Å². The third-order valence-electron chi connectivity index (χ3n) is 4.13. The first-order chi connectivity index (χ1) is 9.66. The van der Waals surface area contributed by atoms with E-state index < -0.39 is 0 Å². The zero-order chi connectivity index (χ0) is 14.1. The van der Waals surface area contributed by atoms with Crippen LogP contribution in [0.4, 0.5) is 5.82 Å². The van der Waals surface area contributed by atoms with Crippen LogP contribution >= 0.6 is 0 Å². The number of aromatic nitrogens is 1. The Kier molecular flexibility index (Phi) is 3.30. The van der Waals surface area contributed by atoms with Crippen LogP contribution in [-0.4, -0.2) is 28.9 Å². The molecular weight excluding hydrogens is 250 g/mol. The molecule has 0 radical (unpaired) electrons. The van der Waals surface area contributed by atoms with Gasteiger partial charge in [-0.1, -0.05) is 31.2 Å². The van der Waals surface area contributed by atoms with Crippen molar-refractivity contribution in [2.75, 3.05) is 18.8 Å². The van der Waals surface area contributed by atoms with Gasteiger partial charge >= 0.3 is 0 Å². The first kappa shape index (κ1) is 12.9. The molecule has 1 aliphatic rings. The van der Waals surface area contributed by atoms with Crippen LogP contribution in [0.2, 0.25) is 0 Å². The van der Waals surface area contributed by atoms with Crippen LogP contribution < -0.4 is 5.73 Å². The molecule has 20 heavy (non-hydrogen) atoms. The molecule has 0 atom stereocenters. The molecule has 4 heteroatoms. The molecule has 2 N–H and O–H groups in total. The van der Waals surface area contributed by atoms with Crippen LogP contribution in [0, 0.1) is 5.92 Å². The number of piperidine rings is 1. The van der Waals surface area contributed by atoms with E-state index in [4.69, 9.17) is 5.73 Å². The zero-order valence-electron chi connectivity index (χ0n) is 11.7. The topological polar surface area (TPSA) is 59.2 Å². The molecule has 2 heterocycles. The molecule has 0 aliphatic carbocycles. The van der Waals surface area contributed by atoms with Crippen molar-refractivity contribution in [3.05, 3.63) is 36.0 Å². The van der Waals surface area contributed by atoms with Crippen LogP contribution in [-0.2, 0) is 0 Å². The van der Waals surface area contributed by atoms with Gasteiger partial charge in [-0.15, -0.1) is 0 Å². The molecule has 1 aromatic carbocycles. The standard InChI is InChI=1S/C16H19N3O/c1-11-6-8-19(9-7-11)16(20)14-10-18-15(17)13-5-3-2-4-12(13)14/h2-5,10-11H,6-9H2,1H3,(H2,17,18). The van der Waals surface area contributed by atoms with E-state index in [1.165, 1.54) is 0 Å². The number of hydrogen-bond donors (Lipinski definition) is 1. The summed E-state index contributed by atoms with van der Waals surface area (Å²) in [6, 6.07) is 7.69. The summed E-state index contributed by atoms with van der Waals surface area (Å²) in [5.74, 6) is 1.25. The van der Waals surface area contributed by atoms with Gasteiger partial charge in [0, 0.05) is 24.7 Å². The van der Waals surface area contributed by atoms with E-state index in [1.807, 2.05) is 29.2 Å². The van der Waals surface area contributed by atoms with E-state index in [-0.39, 0.29) is 5.91 Å². The Hall–Kier alpha value is -2.10. The minimum atomic E-state index is 0.0700. The van der Waals surface area contributed by atoms with E-state index in [0.717, 1.165) is 36.7 Å². The van der Waals surface area contributed by atoms with Gasteiger partial charge in [-0.2, -0.15) is 0 Å². The number of anilines is 1. The van der Waals surface area contributed by atoms with Crippen molar-refractivity contribution in [3.63, 3.8) is 0 Å². The predicted molar refractivity (Wildman–Crippen MR) is 80.5 cm³/mol. The number of fused-ring (bicyclic) bond motifs is 1. The Bertz CT molecular complexity index is 645. The number of nitrogens with two attached hydrogens (primary N) is 1. The minimum Gasteiger partial charge on any atom is -0.383 e. The summed E-state index contributed by atoms with van der Waals surface area (Å²) in [5, 5.41) is 1.74. The molecule has 0 unspecified atom stereocenters. The Morgan fingerprint density at radius 2 is 1.90 bits per heavy atom. The predicted octanol–water partition coefficient (Wildman–Crippen LogP) is 2.69. The van der Waals surface area contributed by atoms with Gasteiger partial charge in [-0.3, -0.25) is 4.79 Å². The normalized spacial score (nSPS) is 16.6. The van der Waals surface area contributed by atoms with Gasteiger partial charge in [0.05, 0.1) is 5.56 Å². The van der Waals surface area contributed by atoms with E-state index in [9.17, 15) is 4.79 Å². The molecule has 0 saturated carbocycles. The lowest BCUT2D eigenvalue weighted by Crippen LogP contribution is -2.38. The van der Waals surface area contributed by atoms with Crippen LogP contribution in [0.15, 0.2) is 30.5 Å². The molecule has 1 amide bonds. The smallest absolute Gasteiger partial charge is 0.256 e. The summed E-state index contributed by atoms with van der Waals surface area (Å²) in [6.07, 6.45) is 3.76. The fraction of sp³-hybridized carbons (Fsp3) is 0.375. The molecule has 3 rings (SSSR count). The van der Waals surface area contributed by atoms with Gasteiger partial charge in [0.15, 0.2) is 0 Å². The molecule has 104 valence electrons. The number of hydrogen-bond acceptors (Lipinski definition) is 3. The third-order valence-corrected chi connectivity index (χ3v) is 4.13. The number of benzene rings is 1. The summed E-state index contributed by atoms with van der Waals surface area (Å²) in [5.41, 5.74) is 6.54. The number of nitrogens with zero attached hydrogens (tertiary/aromatic N) is 2. The average Bonchev–Trinajstić information content (AvgIpc) is 2.48. The van der Waals surface area contributed by atoms with Gasteiger partial charge in [-0.05, 0) is 24.1 Å². The molecule has 1 aromatic heterocycles. The fourth-order valence-corrected chi connectivity index (χ4v) is 2.77. The largest absolute Gasteiger partial charge is 0.383 e. The highest BCUT2D eigenvalue weighted by atomic mass is 16.2. The Balaban J connectivity index is 1.98. The van der Waals surface area contributed by atoms with Crippen molar-refractivity contribution in [2.24, 2.45) is 5.92 Å². The quantitative estimate of drug-likeness (QED) is 0.866. The third kappa shape index (κ3) is 2.22. The molecule has 1 fully saturated rings. The zero-order valence-corrected chi connectivity index (χ0v) is 11.7. The highest BCUT2D eigenvalue weighted by Gasteiger charge is 2.23. The van der Waals surface area contributed by atoms with Crippen molar-refractivity contribution >= 4 is 22.5 Å². The van der Waals surface area contributed by atoms with Crippen molar-refractivity contribution in [3.8, 4) is 0 Å². The van der Waals surface area contributed by atoms with Gasteiger partial charge in [0.1, 0.15) is 5.82 Å². The second-order valence-corrected chi connectivity index (χ2v) is 5.58. The molecule has 1 saturated heterocycles. The van der Waals surface area contributed by atoms with Gasteiger partial charge in [-0.25, -0.2) is 4.98 Å². The van der Waals surface area contributed by atoms with E-state index in [1.54, 1.807) is 6.20 Å². The van der Waals surface area contributed by atoms with Crippen LogP contribution in [0.25, 0.3) is 10.8 Å². The van der Waals surface area contributed by atoms with Crippen molar-refractivity contribution in [1.29, 1.82) is 0 Å². The second kappa shape index (κ2) is 5.12. The molecule has 1 aliphatic heterocycles. The van der Waals surface area contributed by atoms with Crippen LogP contribution in [0.1, 0.15) is 30.1 Å². The summed E-state index contributed by atoms with van der Waals surface area (Å²) in [6.45, 7) is 3.90. The lowest BCUT2D eigenvalue weighted by Gasteiger charge is -2.30. The monoisotopic (exact) mass is 269 g/mol. The molecule has 2 aromatic rings. The first-order valence-corrected chi connectivity index (χ1v) is 7.09. The molecule has 0 bridgehead atoms. The van der Waals surface area contributed by atoms with Gasteiger partial charge < -0.3 is 10.6 Å². The summed E-state index contributed by atoms with van der Waals surface area (Å²) >= 11 is 0. The molecular formula is C16H19N3O. The maximum absolute atomic E-state index is 12.7. The Morgan fingerprint density at radius 1 is 1.25 bits per heavy atom. The second-order valence-electron chi connectivity index (χ2n) is 5.58. The van der Waals surface area contributed by atoms with Crippen LogP contribution in [0.5, 0.6) is 0 Å². The summed E-state index contributed by atoms with van der Waals surface area (Å²) in [4.78, 5) is 18.8. The Morgan fingerprint density at radius 3 is 2.60 bits per heavy atom. The van der Waals surface area contributed by atoms with E-state index in [0.29, 0.717) is 17.3 Å². The van der Waals surface area contributed by atoms with Crippen molar-refractivity contribution in [2.45, 2.75) is 19.8 Å². The number of carbonyl (C=O) groups excluding carboxylic acids is 1. The lowest BCUT2D eigenvalue weighted by molar-refractivity contribution is 0.0699. The summed E-state index contributed by atoms with van der Waals surface area (Å²) in [7, 11) is 0. The van der Waals surface area contributed by atoms with Crippen LogP contribution in [0.3, 0.4) is 0 Å². The first-order valence-electron chi connectivity index (χ1n) is 7.09. The highest BCUT2D eigenvalue weighted by Crippen LogP contribution is 2.25. The molecule has 4 nitrogen and oxygen atoms in total.